The van der Waals surface area contributed by atoms with Crippen molar-refractivity contribution in [1.82, 2.24) is 0 Å². The summed E-state index contributed by atoms with van der Waals surface area (Å²) in [7, 11) is 0. The Balaban J connectivity index is 2.36. The van der Waals surface area contributed by atoms with Crippen LogP contribution in [0.15, 0.2) is 34.8 Å². The Labute approximate surface area is 129 Å². The van der Waals surface area contributed by atoms with Gasteiger partial charge in [-0.05, 0) is 59.6 Å². The predicted molar refractivity (Wildman–Crippen MR) is 82.2 cm³/mol. The standard InChI is InChI=1S/C15H12BrNO4/c1-9-6-15(10(2)5-14(9)17(19)20)21-12-4-3-11(8-18)13(16)7-12/h3-8H,1-2H3. The van der Waals surface area contributed by atoms with Crippen LogP contribution in [-0.4, -0.2) is 11.2 Å². The van der Waals surface area contributed by atoms with Crippen LogP contribution >= 0.6 is 15.9 Å². The summed E-state index contributed by atoms with van der Waals surface area (Å²) in [5, 5.41) is 10.9. The maximum Gasteiger partial charge on any atom is 0.272 e. The van der Waals surface area contributed by atoms with E-state index in [-0.39, 0.29) is 5.69 Å². The molecule has 0 unspecified atom stereocenters. The molecule has 0 aromatic heterocycles. The zero-order valence-electron chi connectivity index (χ0n) is 11.4. The molecule has 0 N–H and O–H groups in total. The van der Waals surface area contributed by atoms with E-state index in [1.165, 1.54) is 6.07 Å². The molecule has 0 saturated heterocycles. The number of rotatable bonds is 4. The van der Waals surface area contributed by atoms with Gasteiger partial charge in [0.15, 0.2) is 6.29 Å². The molecular formula is C15H12BrNO4. The van der Waals surface area contributed by atoms with Crippen molar-refractivity contribution in [3.05, 3.63) is 61.6 Å². The van der Waals surface area contributed by atoms with Crippen molar-refractivity contribution in [3.8, 4) is 11.5 Å². The average Bonchev–Trinajstić information content (AvgIpc) is 2.42. The summed E-state index contributed by atoms with van der Waals surface area (Å²) in [6.45, 7) is 3.41. The lowest BCUT2D eigenvalue weighted by Crippen LogP contribution is -1.95. The van der Waals surface area contributed by atoms with Crippen LogP contribution < -0.4 is 4.74 Å². The molecule has 0 aliphatic heterocycles. The third kappa shape index (κ3) is 3.28. The van der Waals surface area contributed by atoms with Crippen molar-refractivity contribution in [2.75, 3.05) is 0 Å². The number of carbonyl (C=O) groups is 1. The van der Waals surface area contributed by atoms with Gasteiger partial charge in [0.25, 0.3) is 5.69 Å². The van der Waals surface area contributed by atoms with Gasteiger partial charge in [-0.3, -0.25) is 14.9 Å². The van der Waals surface area contributed by atoms with E-state index in [0.717, 1.165) is 6.29 Å². The molecule has 21 heavy (non-hydrogen) atoms. The first-order chi connectivity index (χ1) is 9.92. The zero-order valence-corrected chi connectivity index (χ0v) is 13.0. The van der Waals surface area contributed by atoms with E-state index in [4.69, 9.17) is 4.74 Å². The van der Waals surface area contributed by atoms with Crippen molar-refractivity contribution in [2.45, 2.75) is 13.8 Å². The van der Waals surface area contributed by atoms with Gasteiger partial charge in [0.05, 0.1) is 4.92 Å². The van der Waals surface area contributed by atoms with Crippen LogP contribution in [0.2, 0.25) is 0 Å². The van der Waals surface area contributed by atoms with Crippen molar-refractivity contribution in [2.24, 2.45) is 0 Å². The highest BCUT2D eigenvalue weighted by Crippen LogP contribution is 2.32. The summed E-state index contributed by atoms with van der Waals surface area (Å²) in [6.07, 6.45) is 0.745. The van der Waals surface area contributed by atoms with Gasteiger partial charge in [0.2, 0.25) is 0 Å². The summed E-state index contributed by atoms with van der Waals surface area (Å²) >= 11 is 3.28. The van der Waals surface area contributed by atoms with Crippen molar-refractivity contribution >= 4 is 27.9 Å². The molecule has 0 saturated carbocycles. The molecule has 2 rings (SSSR count). The fourth-order valence-corrected chi connectivity index (χ4v) is 2.33. The second kappa shape index (κ2) is 6.05. The number of hydrogen-bond donors (Lipinski definition) is 0. The smallest absolute Gasteiger partial charge is 0.272 e. The van der Waals surface area contributed by atoms with Gasteiger partial charge in [0, 0.05) is 21.7 Å². The number of carbonyl (C=O) groups excluding carboxylic acids is 1. The first-order valence-electron chi connectivity index (χ1n) is 6.10. The summed E-state index contributed by atoms with van der Waals surface area (Å²) in [6, 6.07) is 8.11. The molecule has 0 radical (unpaired) electrons. The number of nitro benzene ring substituents is 1. The lowest BCUT2D eigenvalue weighted by atomic mass is 10.1. The van der Waals surface area contributed by atoms with Gasteiger partial charge in [0.1, 0.15) is 11.5 Å². The molecule has 0 aliphatic rings. The van der Waals surface area contributed by atoms with E-state index in [9.17, 15) is 14.9 Å². The highest BCUT2D eigenvalue weighted by atomic mass is 79.9. The number of halogens is 1. The summed E-state index contributed by atoms with van der Waals surface area (Å²) in [5.74, 6) is 1.09. The molecule has 0 bridgehead atoms. The number of aryl methyl sites for hydroxylation is 2. The number of aldehydes is 1. The lowest BCUT2D eigenvalue weighted by Gasteiger charge is -2.10. The van der Waals surface area contributed by atoms with Crippen LogP contribution in [0.5, 0.6) is 11.5 Å². The minimum atomic E-state index is -0.415. The minimum absolute atomic E-state index is 0.0670. The van der Waals surface area contributed by atoms with E-state index >= 15 is 0 Å². The molecule has 0 atom stereocenters. The molecule has 5 nitrogen and oxygen atoms in total. The molecule has 0 amide bonds. The Morgan fingerprint density at radius 2 is 1.90 bits per heavy atom. The Morgan fingerprint density at radius 3 is 2.48 bits per heavy atom. The van der Waals surface area contributed by atoms with Crippen molar-refractivity contribution in [1.29, 1.82) is 0 Å². The normalized spacial score (nSPS) is 10.2. The third-order valence-corrected chi connectivity index (χ3v) is 3.70. The molecule has 0 spiro atoms. The van der Waals surface area contributed by atoms with Gasteiger partial charge >= 0.3 is 0 Å². The van der Waals surface area contributed by atoms with Crippen LogP contribution in [0.3, 0.4) is 0 Å². The van der Waals surface area contributed by atoms with Gasteiger partial charge in [-0.15, -0.1) is 0 Å². The second-order valence-corrected chi connectivity index (χ2v) is 5.42. The average molecular weight is 350 g/mol. The molecule has 0 heterocycles. The Hall–Kier alpha value is -2.21. The quantitative estimate of drug-likeness (QED) is 0.460. The predicted octanol–water partition coefficient (Wildman–Crippen LogP) is 4.58. The molecule has 2 aromatic rings. The second-order valence-electron chi connectivity index (χ2n) is 4.56. The monoisotopic (exact) mass is 349 g/mol. The summed E-state index contributed by atoms with van der Waals surface area (Å²) < 4.78 is 6.37. The number of ether oxygens (including phenoxy) is 1. The Morgan fingerprint density at radius 1 is 1.19 bits per heavy atom. The van der Waals surface area contributed by atoms with Gasteiger partial charge in [-0.1, -0.05) is 0 Å². The lowest BCUT2D eigenvalue weighted by molar-refractivity contribution is -0.385. The Bertz CT molecular complexity index is 728. The zero-order chi connectivity index (χ0) is 15.6. The summed E-state index contributed by atoms with van der Waals surface area (Å²) in [5.41, 5.74) is 1.79. The molecule has 6 heteroatoms. The molecule has 0 fully saturated rings. The van der Waals surface area contributed by atoms with Gasteiger partial charge < -0.3 is 4.74 Å². The maximum atomic E-state index is 10.9. The molecular weight excluding hydrogens is 338 g/mol. The van der Waals surface area contributed by atoms with Crippen LogP contribution in [-0.2, 0) is 0 Å². The molecule has 0 aliphatic carbocycles. The Kier molecular flexibility index (Phi) is 4.37. The fraction of sp³-hybridized carbons (Fsp3) is 0.133. The van der Waals surface area contributed by atoms with Crippen LogP contribution in [0.25, 0.3) is 0 Å². The van der Waals surface area contributed by atoms with Gasteiger partial charge in [-0.25, -0.2) is 0 Å². The van der Waals surface area contributed by atoms with Crippen LogP contribution in [0, 0.1) is 24.0 Å². The molecule has 2 aromatic carbocycles. The number of nitrogens with zero attached hydrogens (tertiary/aromatic N) is 1. The van der Waals surface area contributed by atoms with Crippen molar-refractivity contribution in [3.63, 3.8) is 0 Å². The van der Waals surface area contributed by atoms with E-state index in [2.05, 4.69) is 15.9 Å². The van der Waals surface area contributed by atoms with Crippen LogP contribution in [0.1, 0.15) is 21.5 Å². The minimum Gasteiger partial charge on any atom is -0.457 e. The van der Waals surface area contributed by atoms with E-state index in [0.29, 0.717) is 32.7 Å². The van der Waals surface area contributed by atoms with E-state index in [1.807, 2.05) is 0 Å². The molecule has 108 valence electrons. The summed E-state index contributed by atoms with van der Waals surface area (Å²) in [4.78, 5) is 21.2. The highest BCUT2D eigenvalue weighted by Gasteiger charge is 2.14. The maximum absolute atomic E-state index is 10.9. The van der Waals surface area contributed by atoms with Crippen molar-refractivity contribution < 1.29 is 14.5 Å². The number of benzene rings is 2. The first kappa shape index (κ1) is 15.2. The number of hydrogen-bond acceptors (Lipinski definition) is 4. The van der Waals surface area contributed by atoms with Gasteiger partial charge in [-0.2, -0.15) is 0 Å². The largest absolute Gasteiger partial charge is 0.457 e. The fourth-order valence-electron chi connectivity index (χ4n) is 1.88. The van der Waals surface area contributed by atoms with E-state index < -0.39 is 4.92 Å². The SMILES string of the molecule is Cc1cc([N+](=O)[O-])c(C)cc1Oc1ccc(C=O)c(Br)c1. The highest BCUT2D eigenvalue weighted by molar-refractivity contribution is 9.10. The first-order valence-corrected chi connectivity index (χ1v) is 6.90. The van der Waals surface area contributed by atoms with E-state index in [1.54, 1.807) is 38.1 Å². The topological polar surface area (TPSA) is 69.4 Å². The number of nitro groups is 1. The third-order valence-electron chi connectivity index (χ3n) is 3.02. The van der Waals surface area contributed by atoms with Crippen LogP contribution in [0.4, 0.5) is 5.69 Å².